The summed E-state index contributed by atoms with van der Waals surface area (Å²) in [4.78, 5) is 40.3. The molecule has 1 unspecified atom stereocenters. The first-order chi connectivity index (χ1) is 13.0. The molecule has 3 amide bonds. The molecule has 0 aliphatic carbocycles. The third kappa shape index (κ3) is 3.99. The molecule has 0 bridgehead atoms. The average Bonchev–Trinajstić information content (AvgIpc) is 2.72. The summed E-state index contributed by atoms with van der Waals surface area (Å²) in [5.74, 6) is 0.687. The van der Waals surface area contributed by atoms with Gasteiger partial charge in [-0.15, -0.1) is 0 Å². The van der Waals surface area contributed by atoms with Gasteiger partial charge in [-0.3, -0.25) is 14.4 Å². The van der Waals surface area contributed by atoms with Gasteiger partial charge in [-0.2, -0.15) is 0 Å². The zero-order valence-corrected chi connectivity index (χ0v) is 15.7. The number of methoxy groups -OCH3 is 2. The summed E-state index contributed by atoms with van der Waals surface area (Å²) in [6.07, 6.45) is 0.981. The lowest BCUT2D eigenvalue weighted by atomic mass is 9.97. The number of carbonyl (C=O) groups is 3. The van der Waals surface area contributed by atoms with Crippen molar-refractivity contribution >= 4 is 17.7 Å². The molecule has 27 heavy (non-hydrogen) atoms. The van der Waals surface area contributed by atoms with Crippen molar-refractivity contribution in [2.45, 2.75) is 12.8 Å². The zero-order valence-electron chi connectivity index (χ0n) is 15.7. The second-order valence-corrected chi connectivity index (χ2v) is 6.70. The number of amides is 3. The van der Waals surface area contributed by atoms with Gasteiger partial charge in [0.15, 0.2) is 11.5 Å². The molecular weight excluding hydrogens is 350 g/mol. The molecule has 1 aromatic carbocycles. The molecule has 1 aromatic rings. The largest absolute Gasteiger partial charge is 0.493 e. The van der Waals surface area contributed by atoms with Crippen LogP contribution < -0.4 is 14.8 Å². The van der Waals surface area contributed by atoms with E-state index in [9.17, 15) is 14.4 Å². The molecule has 0 radical (unpaired) electrons. The normalized spacial score (nSPS) is 20.1. The number of piperidine rings is 1. The average molecular weight is 375 g/mol. The smallest absolute Gasteiger partial charge is 0.257 e. The number of piperazine rings is 1. The Bertz CT molecular complexity index is 718. The highest BCUT2D eigenvalue weighted by atomic mass is 16.5. The first-order valence-corrected chi connectivity index (χ1v) is 9.11. The number of ether oxygens (including phenoxy) is 2. The molecule has 8 nitrogen and oxygen atoms in total. The quantitative estimate of drug-likeness (QED) is 0.829. The van der Waals surface area contributed by atoms with Gasteiger partial charge in [-0.1, -0.05) is 6.07 Å². The minimum Gasteiger partial charge on any atom is -0.493 e. The van der Waals surface area contributed by atoms with Gasteiger partial charge >= 0.3 is 0 Å². The van der Waals surface area contributed by atoms with Crippen molar-refractivity contribution in [1.29, 1.82) is 0 Å². The van der Waals surface area contributed by atoms with Crippen LogP contribution in [0.2, 0.25) is 0 Å². The van der Waals surface area contributed by atoms with E-state index in [4.69, 9.17) is 9.47 Å². The van der Waals surface area contributed by atoms with Crippen LogP contribution in [0.5, 0.6) is 11.5 Å². The number of hydrogen-bond acceptors (Lipinski definition) is 5. The monoisotopic (exact) mass is 375 g/mol. The maximum absolute atomic E-state index is 12.9. The number of carbonyl (C=O) groups excluding carboxylic acids is 3. The second-order valence-electron chi connectivity index (χ2n) is 6.70. The molecule has 2 saturated heterocycles. The van der Waals surface area contributed by atoms with Crippen LogP contribution in [0.25, 0.3) is 0 Å². The van der Waals surface area contributed by atoms with Gasteiger partial charge in [-0.25, -0.2) is 0 Å². The van der Waals surface area contributed by atoms with Crippen molar-refractivity contribution in [3.05, 3.63) is 23.8 Å². The Morgan fingerprint density at radius 3 is 2.37 bits per heavy atom. The first kappa shape index (κ1) is 19.0. The van der Waals surface area contributed by atoms with Crippen molar-refractivity contribution < 1.29 is 23.9 Å². The number of para-hydroxylation sites is 1. The van der Waals surface area contributed by atoms with Crippen LogP contribution in [-0.2, 0) is 9.59 Å². The molecule has 146 valence electrons. The number of rotatable bonds is 4. The lowest BCUT2D eigenvalue weighted by molar-refractivity contribution is -0.138. The molecule has 2 fully saturated rings. The summed E-state index contributed by atoms with van der Waals surface area (Å²) in [6, 6.07) is 5.22. The Balaban J connectivity index is 1.61. The fourth-order valence-electron chi connectivity index (χ4n) is 3.56. The van der Waals surface area contributed by atoms with Crippen molar-refractivity contribution in [3.63, 3.8) is 0 Å². The van der Waals surface area contributed by atoms with E-state index in [1.807, 2.05) is 0 Å². The van der Waals surface area contributed by atoms with Crippen molar-refractivity contribution in [3.8, 4) is 11.5 Å². The zero-order chi connectivity index (χ0) is 19.4. The van der Waals surface area contributed by atoms with Crippen molar-refractivity contribution in [2.75, 3.05) is 46.9 Å². The molecule has 0 spiro atoms. The maximum atomic E-state index is 12.9. The molecule has 1 atom stereocenters. The van der Waals surface area contributed by atoms with Crippen LogP contribution in [0.15, 0.2) is 18.2 Å². The minimum absolute atomic E-state index is 0.00158. The molecule has 2 heterocycles. The Hall–Kier alpha value is -2.77. The third-order valence-corrected chi connectivity index (χ3v) is 5.13. The SMILES string of the molecule is COc1cccc(C(=O)N2CCN(C(=O)C3CCC(=O)NC3)CC2)c1OC. The molecule has 8 heteroatoms. The van der Waals surface area contributed by atoms with Crippen LogP contribution >= 0.6 is 0 Å². The first-order valence-electron chi connectivity index (χ1n) is 9.11. The maximum Gasteiger partial charge on any atom is 0.257 e. The highest BCUT2D eigenvalue weighted by Crippen LogP contribution is 2.31. The standard InChI is InChI=1S/C19H25N3O5/c1-26-15-5-3-4-14(17(15)27-2)19(25)22-10-8-21(9-11-22)18(24)13-6-7-16(23)20-12-13/h3-5,13H,6-12H2,1-2H3,(H,20,23). The Labute approximate surface area is 158 Å². The number of nitrogens with zero attached hydrogens (tertiary/aromatic N) is 2. The predicted molar refractivity (Wildman–Crippen MR) is 97.8 cm³/mol. The van der Waals surface area contributed by atoms with Gasteiger partial charge in [0.1, 0.15) is 0 Å². The molecule has 0 saturated carbocycles. The number of benzene rings is 1. The van der Waals surface area contributed by atoms with E-state index >= 15 is 0 Å². The molecular formula is C19H25N3O5. The van der Waals surface area contributed by atoms with Gasteiger partial charge in [-0.05, 0) is 18.6 Å². The summed E-state index contributed by atoms with van der Waals surface area (Å²) in [5, 5.41) is 2.75. The van der Waals surface area contributed by atoms with Crippen LogP contribution in [0.3, 0.4) is 0 Å². The van der Waals surface area contributed by atoms with Gasteiger partial charge in [0.05, 0.1) is 25.7 Å². The van der Waals surface area contributed by atoms with Crippen LogP contribution in [0, 0.1) is 5.92 Å². The minimum atomic E-state index is -0.163. The summed E-state index contributed by atoms with van der Waals surface area (Å²) in [6.45, 7) is 2.30. The molecule has 1 N–H and O–H groups in total. The van der Waals surface area contributed by atoms with Crippen molar-refractivity contribution in [2.24, 2.45) is 5.92 Å². The predicted octanol–water partition coefficient (Wildman–Crippen LogP) is 0.514. The Morgan fingerprint density at radius 1 is 1.07 bits per heavy atom. The second kappa shape index (κ2) is 8.28. The lowest BCUT2D eigenvalue weighted by Crippen LogP contribution is -2.53. The van der Waals surface area contributed by atoms with Crippen LogP contribution in [0.1, 0.15) is 23.2 Å². The summed E-state index contributed by atoms with van der Waals surface area (Å²) in [5.41, 5.74) is 0.451. The highest BCUT2D eigenvalue weighted by molar-refractivity contribution is 5.98. The Morgan fingerprint density at radius 2 is 1.78 bits per heavy atom. The molecule has 2 aliphatic heterocycles. The van der Waals surface area contributed by atoms with Crippen LogP contribution in [-0.4, -0.2) is 74.5 Å². The third-order valence-electron chi connectivity index (χ3n) is 5.13. The molecule has 0 aromatic heterocycles. The molecule has 3 rings (SSSR count). The van der Waals surface area contributed by atoms with E-state index < -0.39 is 0 Å². The van der Waals surface area contributed by atoms with E-state index in [2.05, 4.69) is 5.32 Å². The van der Waals surface area contributed by atoms with E-state index in [1.54, 1.807) is 28.0 Å². The fourth-order valence-corrected chi connectivity index (χ4v) is 3.56. The van der Waals surface area contributed by atoms with Crippen LogP contribution in [0.4, 0.5) is 0 Å². The summed E-state index contributed by atoms with van der Waals surface area (Å²) in [7, 11) is 3.04. The topological polar surface area (TPSA) is 88.2 Å². The lowest BCUT2D eigenvalue weighted by Gasteiger charge is -2.37. The van der Waals surface area contributed by atoms with E-state index in [1.165, 1.54) is 14.2 Å². The highest BCUT2D eigenvalue weighted by Gasteiger charge is 2.32. The number of nitrogens with one attached hydrogen (secondary N) is 1. The van der Waals surface area contributed by atoms with E-state index in [-0.39, 0.29) is 23.6 Å². The molecule has 2 aliphatic rings. The van der Waals surface area contributed by atoms with Gasteiger partial charge < -0.3 is 24.6 Å². The van der Waals surface area contributed by atoms with Gasteiger partial charge in [0.2, 0.25) is 11.8 Å². The van der Waals surface area contributed by atoms with Gasteiger partial charge in [0, 0.05) is 39.1 Å². The Kier molecular flexibility index (Phi) is 5.83. The number of hydrogen-bond donors (Lipinski definition) is 1. The fraction of sp³-hybridized carbons (Fsp3) is 0.526. The van der Waals surface area contributed by atoms with Crippen molar-refractivity contribution in [1.82, 2.24) is 15.1 Å². The summed E-state index contributed by atoms with van der Waals surface area (Å²) < 4.78 is 10.6. The summed E-state index contributed by atoms with van der Waals surface area (Å²) >= 11 is 0. The van der Waals surface area contributed by atoms with E-state index in [0.717, 1.165) is 0 Å². The van der Waals surface area contributed by atoms with E-state index in [0.29, 0.717) is 62.6 Å². The van der Waals surface area contributed by atoms with Gasteiger partial charge in [0.25, 0.3) is 5.91 Å².